The Bertz CT molecular complexity index is 2150. The van der Waals surface area contributed by atoms with Gasteiger partial charge < -0.3 is 5.32 Å². The number of rotatable bonds is 8. The van der Waals surface area contributed by atoms with Gasteiger partial charge in [-0.1, -0.05) is 48.5 Å². The maximum atomic E-state index is 14.5. The lowest BCUT2D eigenvalue weighted by molar-refractivity contribution is -0.137. The summed E-state index contributed by atoms with van der Waals surface area (Å²) in [5.74, 6) is -3.59. The molecule has 2 aliphatic heterocycles. The molecule has 0 saturated carbocycles. The molecule has 9 nitrogen and oxygen atoms in total. The van der Waals surface area contributed by atoms with Crippen molar-refractivity contribution in [2.24, 2.45) is 0 Å². The van der Waals surface area contributed by atoms with Crippen molar-refractivity contribution in [3.05, 3.63) is 148 Å². The Balaban J connectivity index is 1.36. The van der Waals surface area contributed by atoms with E-state index < -0.39 is 53.1 Å². The smallest absolute Gasteiger partial charge is 0.339 e. The molecular weight excluding hydrogens is 666 g/mol. The molecule has 7 rings (SSSR count). The summed E-state index contributed by atoms with van der Waals surface area (Å²) in [5.41, 5.74) is 1.10. The molecule has 0 fully saturated rings. The number of carbonyl (C=O) groups excluding carboxylic acids is 4. The number of nitrogens with zero attached hydrogens (tertiary/aromatic N) is 4. The van der Waals surface area contributed by atoms with E-state index in [0.29, 0.717) is 34.4 Å². The molecule has 1 aromatic heterocycles. The van der Waals surface area contributed by atoms with E-state index in [1.54, 1.807) is 60.1 Å². The van der Waals surface area contributed by atoms with E-state index in [9.17, 15) is 36.7 Å². The highest BCUT2D eigenvalue weighted by atomic mass is 19.4. The number of halogens is 4. The number of imide groups is 1. The summed E-state index contributed by atoms with van der Waals surface area (Å²) in [6.07, 6.45) is -4.66. The molecule has 0 bridgehead atoms. The van der Waals surface area contributed by atoms with Crippen molar-refractivity contribution in [1.82, 2.24) is 20.0 Å². The van der Waals surface area contributed by atoms with Crippen LogP contribution in [0.1, 0.15) is 66.3 Å². The van der Waals surface area contributed by atoms with Crippen molar-refractivity contribution in [1.29, 1.82) is 0 Å². The number of likely N-dealkylation sites (N-methyl/N-ethyl adjacent to an activating group) is 1. The zero-order valence-electron chi connectivity index (χ0n) is 27.0. The van der Waals surface area contributed by atoms with Crippen molar-refractivity contribution >= 4 is 29.4 Å². The molecule has 2 atom stereocenters. The number of alkyl halides is 3. The molecule has 2 aliphatic rings. The number of hydrogen-bond acceptors (Lipinski definition) is 5. The Labute approximate surface area is 289 Å². The average molecular weight is 696 g/mol. The molecule has 3 heterocycles. The fourth-order valence-corrected chi connectivity index (χ4v) is 6.76. The SMILES string of the molecule is CCN1C(=O)[C@H](NC(=O)c2cccc(C(F)(F)F)c2)[C@H](c2ccc(F)cc2)c2c(CCN3C(=O)c4ccccc4C3=O)nn(-c3ccccc3)c21. The molecule has 5 aromatic rings. The second-order valence-electron chi connectivity index (χ2n) is 12.1. The van der Waals surface area contributed by atoms with Crippen LogP contribution in [-0.2, 0) is 17.4 Å². The Hall–Kier alpha value is -6.11. The number of nitrogens with one attached hydrogen (secondary N) is 1. The molecule has 0 unspecified atom stereocenters. The Kier molecular flexibility index (Phi) is 8.49. The average Bonchev–Trinajstić information content (AvgIpc) is 3.62. The highest BCUT2D eigenvalue weighted by Gasteiger charge is 2.46. The molecule has 258 valence electrons. The van der Waals surface area contributed by atoms with Gasteiger partial charge in [0.25, 0.3) is 23.6 Å². The van der Waals surface area contributed by atoms with E-state index >= 15 is 0 Å². The van der Waals surface area contributed by atoms with Gasteiger partial charge in [-0.2, -0.15) is 18.3 Å². The van der Waals surface area contributed by atoms with Crippen LogP contribution >= 0.6 is 0 Å². The van der Waals surface area contributed by atoms with Crippen LogP contribution in [0.4, 0.5) is 23.4 Å². The van der Waals surface area contributed by atoms with Crippen LogP contribution in [0.2, 0.25) is 0 Å². The summed E-state index contributed by atoms with van der Waals surface area (Å²) < 4.78 is 56.5. The van der Waals surface area contributed by atoms with Gasteiger partial charge >= 0.3 is 6.18 Å². The van der Waals surface area contributed by atoms with Crippen LogP contribution in [0.15, 0.2) is 103 Å². The molecule has 13 heteroatoms. The van der Waals surface area contributed by atoms with Crippen molar-refractivity contribution in [3.8, 4) is 5.69 Å². The van der Waals surface area contributed by atoms with Crippen LogP contribution in [0.25, 0.3) is 5.69 Å². The van der Waals surface area contributed by atoms with Crippen LogP contribution in [0.3, 0.4) is 0 Å². The number of benzene rings is 4. The minimum atomic E-state index is -4.71. The van der Waals surface area contributed by atoms with Gasteiger partial charge in [-0.3, -0.25) is 29.0 Å². The predicted octanol–water partition coefficient (Wildman–Crippen LogP) is 6.17. The van der Waals surface area contributed by atoms with Gasteiger partial charge in [-0.25, -0.2) is 9.07 Å². The largest absolute Gasteiger partial charge is 0.416 e. The maximum Gasteiger partial charge on any atom is 0.416 e. The lowest BCUT2D eigenvalue weighted by atomic mass is 9.80. The summed E-state index contributed by atoms with van der Waals surface area (Å²) in [7, 11) is 0. The topological polar surface area (TPSA) is 105 Å². The van der Waals surface area contributed by atoms with Gasteiger partial charge in [-0.05, 0) is 67.1 Å². The summed E-state index contributed by atoms with van der Waals surface area (Å²) in [6.45, 7) is 1.78. The number of anilines is 1. The summed E-state index contributed by atoms with van der Waals surface area (Å²) in [5, 5.41) is 7.60. The van der Waals surface area contributed by atoms with Crippen LogP contribution in [0.5, 0.6) is 0 Å². The van der Waals surface area contributed by atoms with Crippen molar-refractivity contribution < 1.29 is 36.7 Å². The Morgan fingerprint density at radius 2 is 1.47 bits per heavy atom. The highest BCUT2D eigenvalue weighted by Crippen LogP contribution is 2.44. The first kappa shape index (κ1) is 33.4. The van der Waals surface area contributed by atoms with E-state index in [2.05, 4.69) is 5.32 Å². The quantitative estimate of drug-likeness (QED) is 0.155. The van der Waals surface area contributed by atoms with Gasteiger partial charge in [-0.15, -0.1) is 0 Å². The lowest BCUT2D eigenvalue weighted by Crippen LogP contribution is -2.55. The Morgan fingerprint density at radius 1 is 0.824 bits per heavy atom. The minimum Gasteiger partial charge on any atom is -0.339 e. The van der Waals surface area contributed by atoms with Gasteiger partial charge in [0.05, 0.1) is 28.1 Å². The standard InChI is InChI=1S/C38H29F4N5O4/c1-2-45-34-31(29(44-47(34)26-11-4-3-5-12-26)19-20-46-35(49)27-13-6-7-14-28(27)36(46)50)30(22-15-17-25(39)18-16-22)32(37(45)51)43-33(48)23-9-8-10-24(21-23)38(40,41)42/h3-18,21,30,32H,2,19-20H2,1H3,(H,43,48)/t30-,32-/m1/s1. The van der Waals surface area contributed by atoms with E-state index in [1.807, 2.05) is 6.07 Å². The number of carbonyl (C=O) groups is 4. The third-order valence-corrected chi connectivity index (χ3v) is 9.14. The second-order valence-corrected chi connectivity index (χ2v) is 12.1. The van der Waals surface area contributed by atoms with E-state index in [-0.39, 0.29) is 36.2 Å². The third kappa shape index (κ3) is 5.94. The van der Waals surface area contributed by atoms with Crippen LogP contribution in [0, 0.1) is 5.82 Å². The maximum absolute atomic E-state index is 14.5. The molecule has 4 aromatic carbocycles. The fourth-order valence-electron chi connectivity index (χ4n) is 6.76. The lowest BCUT2D eigenvalue weighted by Gasteiger charge is -2.38. The second kappa shape index (κ2) is 13.0. The van der Waals surface area contributed by atoms with Crippen molar-refractivity contribution in [2.75, 3.05) is 18.0 Å². The number of aromatic nitrogens is 2. The number of fused-ring (bicyclic) bond motifs is 2. The van der Waals surface area contributed by atoms with Crippen LogP contribution in [-0.4, -0.2) is 57.4 Å². The summed E-state index contributed by atoms with van der Waals surface area (Å²) in [4.78, 5) is 57.2. The Morgan fingerprint density at radius 3 is 2.10 bits per heavy atom. The molecular formula is C38H29F4N5O4. The molecule has 0 aliphatic carbocycles. The monoisotopic (exact) mass is 695 g/mol. The zero-order valence-corrected chi connectivity index (χ0v) is 27.0. The number of para-hydroxylation sites is 1. The molecule has 51 heavy (non-hydrogen) atoms. The molecule has 4 amide bonds. The number of amides is 4. The van der Waals surface area contributed by atoms with Crippen molar-refractivity contribution in [3.63, 3.8) is 0 Å². The molecule has 0 radical (unpaired) electrons. The first-order valence-electron chi connectivity index (χ1n) is 16.1. The predicted molar refractivity (Wildman–Crippen MR) is 178 cm³/mol. The zero-order chi connectivity index (χ0) is 36.0. The van der Waals surface area contributed by atoms with Gasteiger partial charge in [0.1, 0.15) is 17.7 Å². The first-order chi connectivity index (χ1) is 24.5. The van der Waals surface area contributed by atoms with Crippen molar-refractivity contribution in [2.45, 2.75) is 31.5 Å². The van der Waals surface area contributed by atoms with E-state index in [1.165, 1.54) is 35.2 Å². The fraction of sp³-hybridized carbons (Fsp3) is 0.184. The van der Waals surface area contributed by atoms with Gasteiger partial charge in [0.2, 0.25) is 0 Å². The summed E-state index contributed by atoms with van der Waals surface area (Å²) >= 11 is 0. The van der Waals surface area contributed by atoms with Gasteiger partial charge in [0.15, 0.2) is 0 Å². The van der Waals surface area contributed by atoms with E-state index in [4.69, 9.17) is 5.10 Å². The normalized spacial score (nSPS) is 17.1. The van der Waals surface area contributed by atoms with Crippen LogP contribution < -0.4 is 10.2 Å². The van der Waals surface area contributed by atoms with Gasteiger partial charge in [0, 0.05) is 36.6 Å². The summed E-state index contributed by atoms with van der Waals surface area (Å²) in [6, 6.07) is 23.3. The molecule has 0 saturated heterocycles. The highest BCUT2D eigenvalue weighted by molar-refractivity contribution is 6.21. The minimum absolute atomic E-state index is 0.0470. The third-order valence-electron chi connectivity index (χ3n) is 9.14. The number of hydrogen-bond donors (Lipinski definition) is 1. The molecule has 1 N–H and O–H groups in total. The first-order valence-corrected chi connectivity index (χ1v) is 16.1. The molecule has 0 spiro atoms. The van der Waals surface area contributed by atoms with E-state index in [0.717, 1.165) is 17.0 Å².